The third-order valence-corrected chi connectivity index (χ3v) is 2.25. The summed E-state index contributed by atoms with van der Waals surface area (Å²) in [5.74, 6) is 0. The number of hydrogen-bond acceptors (Lipinski definition) is 2. The minimum atomic E-state index is 1.12. The quantitative estimate of drug-likeness (QED) is 0.610. The fraction of sp³-hybridized carbons (Fsp3) is 0.625. The van der Waals surface area contributed by atoms with Crippen molar-refractivity contribution in [1.82, 2.24) is 4.98 Å². The van der Waals surface area contributed by atoms with Crippen LogP contribution >= 0.6 is 11.3 Å². The van der Waals surface area contributed by atoms with Crippen LogP contribution in [0.5, 0.6) is 0 Å². The lowest BCUT2D eigenvalue weighted by Crippen LogP contribution is -1.76. The van der Waals surface area contributed by atoms with Crippen molar-refractivity contribution >= 4 is 11.3 Å². The van der Waals surface area contributed by atoms with E-state index in [9.17, 15) is 0 Å². The van der Waals surface area contributed by atoms with Crippen molar-refractivity contribution < 1.29 is 0 Å². The lowest BCUT2D eigenvalue weighted by Gasteiger charge is -1.85. The Bertz CT molecular complexity index is 170. The molecule has 1 rings (SSSR count). The topological polar surface area (TPSA) is 12.9 Å². The van der Waals surface area contributed by atoms with Crippen molar-refractivity contribution in [3.63, 3.8) is 0 Å². The Morgan fingerprint density at radius 3 is 2.30 bits per heavy atom. The van der Waals surface area contributed by atoms with E-state index >= 15 is 0 Å². The molecule has 0 atom stereocenters. The van der Waals surface area contributed by atoms with Crippen LogP contribution in [0.3, 0.4) is 0 Å². The zero-order valence-corrected chi connectivity index (χ0v) is 7.96. The molecule has 2 heteroatoms. The van der Waals surface area contributed by atoms with Crippen LogP contribution in [0.25, 0.3) is 0 Å². The minimum absolute atomic E-state index is 1.12. The van der Waals surface area contributed by atoms with Crippen molar-refractivity contribution in [3.8, 4) is 0 Å². The van der Waals surface area contributed by atoms with Gasteiger partial charge in [0.1, 0.15) is 0 Å². The summed E-state index contributed by atoms with van der Waals surface area (Å²) in [5, 5.41) is 0. The van der Waals surface area contributed by atoms with E-state index in [2.05, 4.69) is 18.8 Å². The Hall–Kier alpha value is -0.370. The molecular formula is C8H15NS. The zero-order valence-electron chi connectivity index (χ0n) is 7.14. The third-order valence-electron chi connectivity index (χ3n) is 1.17. The second-order valence-corrected chi connectivity index (χ2v) is 2.65. The van der Waals surface area contributed by atoms with Gasteiger partial charge in [0.15, 0.2) is 0 Å². The molecule has 0 radical (unpaired) electrons. The van der Waals surface area contributed by atoms with E-state index in [4.69, 9.17) is 0 Å². The molecule has 58 valence electrons. The van der Waals surface area contributed by atoms with E-state index in [1.807, 2.05) is 19.4 Å². The third kappa shape index (κ3) is 2.48. The van der Waals surface area contributed by atoms with E-state index in [0.29, 0.717) is 0 Å². The van der Waals surface area contributed by atoms with E-state index < -0.39 is 0 Å². The molecule has 10 heavy (non-hydrogen) atoms. The average Bonchev–Trinajstić information content (AvgIpc) is 2.39. The highest BCUT2D eigenvalue weighted by atomic mass is 32.1. The lowest BCUT2D eigenvalue weighted by molar-refractivity contribution is 1.11. The van der Waals surface area contributed by atoms with Crippen LogP contribution < -0.4 is 0 Å². The number of hydrogen-bond donors (Lipinski definition) is 0. The largest absolute Gasteiger partial charge is 0.250 e. The summed E-state index contributed by atoms with van der Waals surface area (Å²) in [6, 6.07) is 0. The predicted octanol–water partition coefficient (Wildman–Crippen LogP) is 3.04. The highest BCUT2D eigenvalue weighted by Gasteiger charge is 1.94. The van der Waals surface area contributed by atoms with Gasteiger partial charge >= 0.3 is 0 Å². The average molecular weight is 157 g/mol. The maximum atomic E-state index is 4.11. The molecule has 0 aromatic carbocycles. The second kappa shape index (κ2) is 5.42. The molecule has 0 fully saturated rings. The maximum absolute atomic E-state index is 4.11. The monoisotopic (exact) mass is 157 g/mol. The Morgan fingerprint density at radius 2 is 2.10 bits per heavy atom. The Kier molecular flexibility index (Phi) is 5.22. The molecule has 0 aliphatic heterocycles. The molecule has 0 spiro atoms. The van der Waals surface area contributed by atoms with E-state index in [1.165, 1.54) is 10.6 Å². The van der Waals surface area contributed by atoms with Gasteiger partial charge in [0.05, 0.1) is 11.2 Å². The van der Waals surface area contributed by atoms with Crippen LogP contribution in [0.4, 0.5) is 0 Å². The van der Waals surface area contributed by atoms with Crippen LogP contribution in [-0.2, 0) is 6.42 Å². The molecule has 0 aliphatic carbocycles. The highest BCUT2D eigenvalue weighted by Crippen LogP contribution is 2.11. The molecule has 1 aromatic heterocycles. The molecule has 0 saturated heterocycles. The summed E-state index contributed by atoms with van der Waals surface area (Å²) in [7, 11) is 0. The van der Waals surface area contributed by atoms with E-state index in [-0.39, 0.29) is 0 Å². The fourth-order valence-corrected chi connectivity index (χ4v) is 1.39. The molecule has 0 unspecified atom stereocenters. The van der Waals surface area contributed by atoms with Crippen LogP contribution in [0, 0.1) is 6.92 Å². The molecule has 0 N–H and O–H groups in total. The first-order valence-corrected chi connectivity index (χ1v) is 4.61. The van der Waals surface area contributed by atoms with Crippen LogP contribution in [0.15, 0.2) is 5.51 Å². The first kappa shape index (κ1) is 9.63. The molecule has 1 aromatic rings. The van der Waals surface area contributed by atoms with Crippen LogP contribution in [0.1, 0.15) is 31.3 Å². The first-order chi connectivity index (χ1) is 4.84. The minimum Gasteiger partial charge on any atom is -0.250 e. The van der Waals surface area contributed by atoms with Crippen molar-refractivity contribution in [1.29, 1.82) is 0 Å². The van der Waals surface area contributed by atoms with Crippen molar-refractivity contribution in [2.75, 3.05) is 0 Å². The normalized spacial score (nSPS) is 8.40. The van der Waals surface area contributed by atoms with Crippen molar-refractivity contribution in [2.45, 2.75) is 34.1 Å². The first-order valence-electron chi connectivity index (χ1n) is 3.73. The summed E-state index contributed by atoms with van der Waals surface area (Å²) in [5.41, 5.74) is 3.09. The molecule has 0 aliphatic rings. The molecule has 1 nitrogen and oxygen atoms in total. The van der Waals surface area contributed by atoms with Gasteiger partial charge in [-0.05, 0) is 13.3 Å². The summed E-state index contributed by atoms with van der Waals surface area (Å²) < 4.78 is 0. The predicted molar refractivity (Wildman–Crippen MR) is 47.6 cm³/mol. The summed E-state index contributed by atoms with van der Waals surface area (Å²) in [4.78, 5) is 5.51. The second-order valence-electron chi connectivity index (χ2n) is 1.71. The van der Waals surface area contributed by atoms with Crippen LogP contribution in [0.2, 0.25) is 0 Å². The highest BCUT2D eigenvalue weighted by molar-refractivity contribution is 7.09. The summed E-state index contributed by atoms with van der Waals surface area (Å²) >= 11 is 1.74. The summed E-state index contributed by atoms with van der Waals surface area (Å²) in [6.45, 7) is 8.20. The van der Waals surface area contributed by atoms with Gasteiger partial charge in [-0.25, -0.2) is 4.98 Å². The van der Waals surface area contributed by atoms with E-state index in [1.54, 1.807) is 11.3 Å². The van der Waals surface area contributed by atoms with Gasteiger partial charge in [0.2, 0.25) is 0 Å². The molecule has 0 amide bonds. The lowest BCUT2D eigenvalue weighted by atomic mass is 10.3. The fourth-order valence-electron chi connectivity index (χ4n) is 0.665. The standard InChI is InChI=1S/C6H9NS.C2H6/c1-3-6-5(2)7-4-8-6;1-2/h4H,3H2,1-2H3;1-2H3. The number of nitrogens with zero attached hydrogens (tertiary/aromatic N) is 1. The van der Waals surface area contributed by atoms with Gasteiger partial charge in [-0.15, -0.1) is 11.3 Å². The number of aryl methyl sites for hydroxylation is 2. The van der Waals surface area contributed by atoms with Gasteiger partial charge in [0.25, 0.3) is 0 Å². The van der Waals surface area contributed by atoms with Crippen molar-refractivity contribution in [2.24, 2.45) is 0 Å². The number of rotatable bonds is 1. The van der Waals surface area contributed by atoms with Crippen LogP contribution in [-0.4, -0.2) is 4.98 Å². The maximum Gasteiger partial charge on any atom is 0.0797 e. The number of aromatic nitrogens is 1. The van der Waals surface area contributed by atoms with Gasteiger partial charge in [-0.2, -0.15) is 0 Å². The van der Waals surface area contributed by atoms with Gasteiger partial charge in [-0.3, -0.25) is 0 Å². The Labute approximate surface area is 67.1 Å². The van der Waals surface area contributed by atoms with Gasteiger partial charge < -0.3 is 0 Å². The van der Waals surface area contributed by atoms with Crippen molar-refractivity contribution in [3.05, 3.63) is 16.1 Å². The molecule has 0 saturated carbocycles. The number of thiazole rings is 1. The van der Waals surface area contributed by atoms with Gasteiger partial charge in [0, 0.05) is 4.88 Å². The van der Waals surface area contributed by atoms with E-state index in [0.717, 1.165) is 6.42 Å². The molecule has 1 heterocycles. The zero-order chi connectivity index (χ0) is 7.98. The summed E-state index contributed by atoms with van der Waals surface area (Å²) in [6.07, 6.45) is 1.12. The molecule has 0 bridgehead atoms. The Balaban J connectivity index is 0.000000371. The SMILES string of the molecule is CC.CCc1scnc1C. The van der Waals surface area contributed by atoms with Gasteiger partial charge in [-0.1, -0.05) is 20.8 Å². The molecular weight excluding hydrogens is 142 g/mol. The smallest absolute Gasteiger partial charge is 0.0797 e. The Morgan fingerprint density at radius 1 is 1.50 bits per heavy atom.